The number of thioether (sulfide) groups is 1. The van der Waals surface area contributed by atoms with E-state index in [9.17, 15) is 10.1 Å². The molecule has 186 valence electrons. The number of halogens is 1. The van der Waals surface area contributed by atoms with Crippen LogP contribution in [0.5, 0.6) is 17.2 Å². The van der Waals surface area contributed by atoms with E-state index in [4.69, 9.17) is 30.8 Å². The molecule has 7 nitrogen and oxygen atoms in total. The lowest BCUT2D eigenvalue weighted by Gasteiger charge is -2.28. The molecule has 0 saturated heterocycles. The predicted octanol–water partition coefficient (Wildman–Crippen LogP) is 5.26. The minimum absolute atomic E-state index is 0.0871. The molecule has 1 aliphatic heterocycles. The van der Waals surface area contributed by atoms with Crippen molar-refractivity contribution in [3.63, 3.8) is 0 Å². The molecular formula is C27H26ClN3O4S. The van der Waals surface area contributed by atoms with Crippen LogP contribution in [0.15, 0.2) is 41.4 Å². The van der Waals surface area contributed by atoms with E-state index in [2.05, 4.69) is 11.0 Å². The van der Waals surface area contributed by atoms with Gasteiger partial charge in [0, 0.05) is 53.0 Å². The number of aromatic nitrogens is 1. The Labute approximate surface area is 219 Å². The first-order valence-corrected chi connectivity index (χ1v) is 12.6. The Bertz CT molecular complexity index is 1360. The van der Waals surface area contributed by atoms with Crippen molar-refractivity contribution in [1.82, 2.24) is 9.88 Å². The van der Waals surface area contributed by atoms with Gasteiger partial charge in [-0.05, 0) is 30.8 Å². The molecular weight excluding hydrogens is 498 g/mol. The molecule has 0 aliphatic carbocycles. The van der Waals surface area contributed by atoms with Crippen LogP contribution in [-0.4, -0.2) is 56.3 Å². The number of benzene rings is 2. The van der Waals surface area contributed by atoms with E-state index in [0.29, 0.717) is 50.5 Å². The second-order valence-electron chi connectivity index (χ2n) is 8.32. The summed E-state index contributed by atoms with van der Waals surface area (Å²) in [5, 5.41) is 11.3. The van der Waals surface area contributed by atoms with Gasteiger partial charge in [-0.2, -0.15) is 5.26 Å². The second kappa shape index (κ2) is 11.2. The number of hydrogen-bond acceptors (Lipinski definition) is 8. The number of rotatable bonds is 8. The smallest absolute Gasteiger partial charge is 0.173 e. The Kier molecular flexibility index (Phi) is 8.04. The van der Waals surface area contributed by atoms with Gasteiger partial charge < -0.3 is 19.1 Å². The summed E-state index contributed by atoms with van der Waals surface area (Å²) in [4.78, 5) is 19.9. The van der Waals surface area contributed by atoms with Crippen molar-refractivity contribution in [2.75, 3.05) is 40.7 Å². The number of carbonyl (C=O) groups is 1. The molecule has 0 bridgehead atoms. The molecule has 0 N–H and O–H groups in total. The molecule has 1 aromatic heterocycles. The minimum Gasteiger partial charge on any atom is -0.496 e. The SMILES string of the molecule is COc1cc(OC)c(-c2c(C#N)c(SCC(=O)c3cccc(Cl)c3)nc3c2CN(C)CC3)cc1OC. The highest BCUT2D eigenvalue weighted by Crippen LogP contribution is 2.45. The van der Waals surface area contributed by atoms with Crippen LogP contribution in [0.25, 0.3) is 11.1 Å². The number of pyridine rings is 1. The zero-order valence-electron chi connectivity index (χ0n) is 20.6. The van der Waals surface area contributed by atoms with Gasteiger partial charge in [0.05, 0.1) is 32.6 Å². The van der Waals surface area contributed by atoms with Gasteiger partial charge >= 0.3 is 0 Å². The Morgan fingerprint density at radius 3 is 2.53 bits per heavy atom. The Hall–Kier alpha value is -3.25. The molecule has 2 heterocycles. The third-order valence-corrected chi connectivity index (χ3v) is 7.29. The normalized spacial score (nSPS) is 13.0. The van der Waals surface area contributed by atoms with Crippen LogP contribution in [0.2, 0.25) is 5.02 Å². The van der Waals surface area contributed by atoms with Gasteiger partial charge in [0.15, 0.2) is 17.3 Å². The van der Waals surface area contributed by atoms with E-state index < -0.39 is 0 Å². The molecule has 0 fully saturated rings. The van der Waals surface area contributed by atoms with Crippen LogP contribution < -0.4 is 14.2 Å². The summed E-state index contributed by atoms with van der Waals surface area (Å²) in [6.45, 7) is 1.48. The molecule has 0 spiro atoms. The molecule has 0 saturated carbocycles. The number of Topliss-reactive ketones (excluding diaryl/α,β-unsaturated/α-hetero) is 1. The van der Waals surface area contributed by atoms with Crippen molar-refractivity contribution >= 4 is 29.1 Å². The molecule has 4 rings (SSSR count). The third kappa shape index (κ3) is 5.14. The summed E-state index contributed by atoms with van der Waals surface area (Å²) in [6.07, 6.45) is 0.732. The highest BCUT2D eigenvalue weighted by molar-refractivity contribution is 8.00. The summed E-state index contributed by atoms with van der Waals surface area (Å²) in [5.41, 5.74) is 4.26. The fourth-order valence-electron chi connectivity index (χ4n) is 4.28. The summed E-state index contributed by atoms with van der Waals surface area (Å²) in [5.74, 6) is 1.65. The number of hydrogen-bond donors (Lipinski definition) is 0. The zero-order chi connectivity index (χ0) is 25.8. The van der Waals surface area contributed by atoms with E-state index in [1.165, 1.54) is 11.8 Å². The first kappa shape index (κ1) is 25.8. The van der Waals surface area contributed by atoms with Crippen LogP contribution >= 0.6 is 23.4 Å². The lowest BCUT2D eigenvalue weighted by atomic mass is 9.91. The average molecular weight is 524 g/mol. The van der Waals surface area contributed by atoms with Crippen molar-refractivity contribution in [2.45, 2.75) is 18.0 Å². The van der Waals surface area contributed by atoms with Gasteiger partial charge in [-0.15, -0.1) is 0 Å². The van der Waals surface area contributed by atoms with E-state index in [1.807, 2.05) is 13.1 Å². The lowest BCUT2D eigenvalue weighted by molar-refractivity contribution is 0.102. The van der Waals surface area contributed by atoms with Gasteiger partial charge in [-0.1, -0.05) is 35.5 Å². The molecule has 36 heavy (non-hydrogen) atoms. The summed E-state index contributed by atoms with van der Waals surface area (Å²) < 4.78 is 16.7. The first-order valence-electron chi connectivity index (χ1n) is 11.3. The molecule has 3 aromatic rings. The van der Waals surface area contributed by atoms with Crippen LogP contribution in [0.3, 0.4) is 0 Å². The van der Waals surface area contributed by atoms with Crippen LogP contribution in [0, 0.1) is 11.3 Å². The Morgan fingerprint density at radius 1 is 1.14 bits per heavy atom. The highest BCUT2D eigenvalue weighted by atomic mass is 35.5. The van der Waals surface area contributed by atoms with Crippen LogP contribution in [0.1, 0.15) is 27.2 Å². The maximum absolute atomic E-state index is 12.9. The molecule has 1 aliphatic rings. The fraction of sp³-hybridized carbons (Fsp3) is 0.296. The maximum atomic E-state index is 12.9. The quantitative estimate of drug-likeness (QED) is 0.292. The second-order valence-corrected chi connectivity index (χ2v) is 9.72. The van der Waals surface area contributed by atoms with E-state index in [1.54, 1.807) is 51.7 Å². The fourth-order valence-corrected chi connectivity index (χ4v) is 5.37. The first-order chi connectivity index (χ1) is 17.4. The largest absolute Gasteiger partial charge is 0.496 e. The number of methoxy groups -OCH3 is 3. The van der Waals surface area contributed by atoms with Gasteiger partial charge in [-0.25, -0.2) is 4.98 Å². The number of nitriles is 1. The molecule has 0 atom stereocenters. The molecule has 2 aromatic carbocycles. The predicted molar refractivity (Wildman–Crippen MR) is 141 cm³/mol. The number of nitrogens with zero attached hydrogens (tertiary/aromatic N) is 3. The number of ether oxygens (including phenoxy) is 3. The summed E-state index contributed by atoms with van der Waals surface area (Å²) in [6, 6.07) is 12.8. The van der Waals surface area contributed by atoms with E-state index in [-0.39, 0.29) is 11.5 Å². The van der Waals surface area contributed by atoms with Gasteiger partial charge in [0.2, 0.25) is 0 Å². The van der Waals surface area contributed by atoms with Gasteiger partial charge in [0.25, 0.3) is 0 Å². The number of likely N-dealkylation sites (N-methyl/N-ethyl adjacent to an activating group) is 1. The van der Waals surface area contributed by atoms with Crippen molar-refractivity contribution in [2.24, 2.45) is 0 Å². The minimum atomic E-state index is -0.0871. The summed E-state index contributed by atoms with van der Waals surface area (Å²) in [7, 11) is 6.75. The van der Waals surface area contributed by atoms with Gasteiger partial charge in [-0.3, -0.25) is 4.79 Å². The highest BCUT2D eigenvalue weighted by Gasteiger charge is 2.28. The lowest BCUT2D eigenvalue weighted by Crippen LogP contribution is -2.28. The zero-order valence-corrected chi connectivity index (χ0v) is 22.1. The van der Waals surface area contributed by atoms with Crippen LogP contribution in [-0.2, 0) is 13.0 Å². The number of ketones is 1. The number of fused-ring (bicyclic) bond motifs is 1. The van der Waals surface area contributed by atoms with E-state index in [0.717, 1.165) is 29.8 Å². The molecule has 0 radical (unpaired) electrons. The van der Waals surface area contributed by atoms with E-state index >= 15 is 0 Å². The molecule has 0 amide bonds. The molecule has 0 unspecified atom stereocenters. The summed E-state index contributed by atoms with van der Waals surface area (Å²) >= 11 is 7.32. The van der Waals surface area contributed by atoms with Crippen molar-refractivity contribution in [3.05, 3.63) is 63.8 Å². The number of carbonyl (C=O) groups excluding carboxylic acids is 1. The standard InChI is InChI=1S/C27H26ClN3O4S/c1-31-9-8-21-20(14-31)26(18-11-24(34-3)25(35-4)12-23(18)33-2)19(13-29)27(30-21)36-15-22(32)16-6-5-7-17(28)10-16/h5-7,10-12H,8-9,14-15H2,1-4H3. The van der Waals surface area contributed by atoms with Crippen molar-refractivity contribution in [3.8, 4) is 34.4 Å². The Balaban J connectivity index is 1.85. The average Bonchev–Trinajstić information content (AvgIpc) is 2.90. The molecule has 9 heteroatoms. The van der Waals surface area contributed by atoms with Gasteiger partial charge in [0.1, 0.15) is 16.8 Å². The van der Waals surface area contributed by atoms with Crippen molar-refractivity contribution < 1.29 is 19.0 Å². The third-order valence-electron chi connectivity index (χ3n) is 6.08. The monoisotopic (exact) mass is 523 g/mol. The Morgan fingerprint density at radius 2 is 1.86 bits per heavy atom. The maximum Gasteiger partial charge on any atom is 0.173 e. The topological polar surface area (TPSA) is 84.7 Å². The van der Waals surface area contributed by atoms with Crippen molar-refractivity contribution in [1.29, 1.82) is 5.26 Å². The van der Waals surface area contributed by atoms with Crippen LogP contribution in [0.4, 0.5) is 0 Å².